The first-order chi connectivity index (χ1) is 9.16. The molecule has 0 spiro atoms. The maximum atomic E-state index is 4.23. The molecule has 0 aromatic carbocycles. The first kappa shape index (κ1) is 14.3. The van der Waals surface area contributed by atoms with Crippen LogP contribution in [-0.4, -0.2) is 16.1 Å². The number of nitrogens with zero attached hydrogens (tertiary/aromatic N) is 2. The van der Waals surface area contributed by atoms with Crippen LogP contribution in [0.4, 0.5) is 0 Å². The van der Waals surface area contributed by atoms with Crippen LogP contribution in [0.1, 0.15) is 41.4 Å². The Morgan fingerprint density at radius 3 is 2.79 bits per heavy atom. The van der Waals surface area contributed by atoms with Crippen LogP contribution in [0.3, 0.4) is 0 Å². The van der Waals surface area contributed by atoms with Crippen LogP contribution in [0, 0.1) is 13.8 Å². The molecule has 0 radical (unpaired) electrons. The summed E-state index contributed by atoms with van der Waals surface area (Å²) in [4.78, 5) is 7.06. The zero-order chi connectivity index (χ0) is 13.7. The lowest BCUT2D eigenvalue weighted by Gasteiger charge is -2.12. The third kappa shape index (κ3) is 4.18. The van der Waals surface area contributed by atoms with Gasteiger partial charge in [0.15, 0.2) is 0 Å². The highest BCUT2D eigenvalue weighted by atomic mass is 32.1. The van der Waals surface area contributed by atoms with Crippen LogP contribution in [0.25, 0.3) is 0 Å². The highest BCUT2D eigenvalue weighted by Gasteiger charge is 2.06. The maximum Gasteiger partial charge on any atom is 0.105 e. The summed E-state index contributed by atoms with van der Waals surface area (Å²) in [6.45, 7) is 8.60. The zero-order valence-corrected chi connectivity index (χ0v) is 12.8. The molecule has 1 N–H and O–H groups in total. The average molecular weight is 277 g/mol. The number of nitrogens with one attached hydrogen (secondary N) is 1. The van der Waals surface area contributed by atoms with E-state index in [-0.39, 0.29) is 0 Å². The molecular weight excluding hydrogens is 254 g/mol. The van der Waals surface area contributed by atoms with Gasteiger partial charge in [-0.25, -0.2) is 4.98 Å². The molecule has 2 aromatic heterocycles. The summed E-state index contributed by atoms with van der Waals surface area (Å²) in [6.07, 6.45) is 6.32. The van der Waals surface area contributed by atoms with Crippen molar-refractivity contribution in [3.63, 3.8) is 0 Å². The molecule has 0 aliphatic rings. The van der Waals surface area contributed by atoms with Gasteiger partial charge in [-0.05, 0) is 52.3 Å². The van der Waals surface area contributed by atoms with Crippen molar-refractivity contribution in [3.05, 3.63) is 40.1 Å². The smallest absolute Gasteiger partial charge is 0.105 e. The Bertz CT molecular complexity index is 501. The van der Waals surface area contributed by atoms with E-state index in [2.05, 4.69) is 54.0 Å². The largest absolute Gasteiger partial charge is 0.335 e. The summed E-state index contributed by atoms with van der Waals surface area (Å²) in [5.41, 5.74) is 0. The molecule has 19 heavy (non-hydrogen) atoms. The molecule has 4 heteroatoms. The molecule has 0 fully saturated rings. The molecule has 2 aromatic rings. The highest BCUT2D eigenvalue weighted by molar-refractivity contribution is 7.12. The molecule has 0 aliphatic heterocycles. The summed E-state index contributed by atoms with van der Waals surface area (Å²) in [5, 5.41) is 3.59. The first-order valence-electron chi connectivity index (χ1n) is 6.94. The first-order valence-corrected chi connectivity index (χ1v) is 7.76. The lowest BCUT2D eigenvalue weighted by molar-refractivity contribution is 0.524. The van der Waals surface area contributed by atoms with Crippen molar-refractivity contribution in [1.29, 1.82) is 0 Å². The van der Waals surface area contributed by atoms with Gasteiger partial charge in [0.2, 0.25) is 0 Å². The number of unbranched alkanes of at least 4 members (excludes halogenated alkanes) is 1. The predicted octanol–water partition coefficient (Wildman–Crippen LogP) is 3.69. The van der Waals surface area contributed by atoms with Crippen molar-refractivity contribution < 1.29 is 0 Å². The second-order valence-corrected chi connectivity index (χ2v) is 6.32. The van der Waals surface area contributed by atoms with Crippen molar-refractivity contribution in [3.8, 4) is 0 Å². The van der Waals surface area contributed by atoms with Crippen LogP contribution in [0.2, 0.25) is 0 Å². The summed E-state index contributed by atoms with van der Waals surface area (Å²) in [7, 11) is 0. The maximum absolute atomic E-state index is 4.23. The van der Waals surface area contributed by atoms with Crippen molar-refractivity contribution in [1.82, 2.24) is 14.9 Å². The monoisotopic (exact) mass is 277 g/mol. The number of aryl methyl sites for hydroxylation is 3. The van der Waals surface area contributed by atoms with Crippen LogP contribution >= 0.6 is 11.3 Å². The molecule has 0 aliphatic carbocycles. The molecule has 2 heterocycles. The third-order valence-corrected chi connectivity index (χ3v) is 4.57. The van der Waals surface area contributed by atoms with Crippen molar-refractivity contribution >= 4 is 11.3 Å². The van der Waals surface area contributed by atoms with Crippen LogP contribution in [0.5, 0.6) is 0 Å². The Labute approximate surface area is 119 Å². The second-order valence-electron chi connectivity index (χ2n) is 5.00. The Balaban J connectivity index is 1.63. The Hall–Kier alpha value is -1.13. The Morgan fingerprint density at radius 1 is 1.32 bits per heavy atom. The van der Waals surface area contributed by atoms with E-state index in [1.165, 1.54) is 22.6 Å². The van der Waals surface area contributed by atoms with Crippen LogP contribution < -0.4 is 5.32 Å². The molecule has 0 bridgehead atoms. The molecule has 0 amide bonds. The van der Waals surface area contributed by atoms with E-state index in [0.29, 0.717) is 6.04 Å². The molecule has 2 rings (SSSR count). The van der Waals surface area contributed by atoms with E-state index < -0.39 is 0 Å². The quantitative estimate of drug-likeness (QED) is 0.782. The van der Waals surface area contributed by atoms with E-state index in [9.17, 15) is 0 Å². The van der Waals surface area contributed by atoms with Crippen molar-refractivity contribution in [2.75, 3.05) is 6.54 Å². The van der Waals surface area contributed by atoms with Gasteiger partial charge < -0.3 is 9.88 Å². The van der Waals surface area contributed by atoms with E-state index in [0.717, 1.165) is 18.9 Å². The van der Waals surface area contributed by atoms with Gasteiger partial charge in [-0.2, -0.15) is 0 Å². The molecule has 1 unspecified atom stereocenters. The summed E-state index contributed by atoms with van der Waals surface area (Å²) >= 11 is 1.88. The van der Waals surface area contributed by atoms with E-state index in [1.807, 2.05) is 17.5 Å². The van der Waals surface area contributed by atoms with E-state index >= 15 is 0 Å². The fraction of sp³-hybridized carbons (Fsp3) is 0.533. The molecule has 1 atom stereocenters. The van der Waals surface area contributed by atoms with Crippen molar-refractivity contribution in [2.45, 2.75) is 46.2 Å². The fourth-order valence-electron chi connectivity index (χ4n) is 2.15. The van der Waals surface area contributed by atoms with Crippen molar-refractivity contribution in [2.24, 2.45) is 0 Å². The fourth-order valence-corrected chi connectivity index (χ4v) is 3.06. The van der Waals surface area contributed by atoms with Crippen LogP contribution in [-0.2, 0) is 6.54 Å². The number of thiophene rings is 1. The molecular formula is C15H23N3S. The van der Waals surface area contributed by atoms with Gasteiger partial charge in [0.25, 0.3) is 0 Å². The number of hydrogen-bond donors (Lipinski definition) is 1. The summed E-state index contributed by atoms with van der Waals surface area (Å²) < 4.78 is 2.21. The minimum absolute atomic E-state index is 0.466. The lowest BCUT2D eigenvalue weighted by atomic mass is 10.2. The number of rotatable bonds is 7. The van der Waals surface area contributed by atoms with E-state index in [4.69, 9.17) is 0 Å². The van der Waals surface area contributed by atoms with Gasteiger partial charge >= 0.3 is 0 Å². The topological polar surface area (TPSA) is 29.9 Å². The second kappa shape index (κ2) is 6.87. The minimum Gasteiger partial charge on any atom is -0.335 e. The number of aromatic nitrogens is 2. The third-order valence-electron chi connectivity index (χ3n) is 3.39. The molecule has 3 nitrogen and oxygen atoms in total. The van der Waals surface area contributed by atoms with Gasteiger partial charge in [0.1, 0.15) is 5.82 Å². The standard InChI is InChI=1S/C15H23N3S/c1-12-6-7-15(19-12)13(2)16-8-4-5-10-18-11-9-17-14(18)3/h6-7,9,11,13,16H,4-5,8,10H2,1-3H3. The zero-order valence-electron chi connectivity index (χ0n) is 12.0. The predicted molar refractivity (Wildman–Crippen MR) is 81.7 cm³/mol. The molecule has 104 valence electrons. The Kier molecular flexibility index (Phi) is 5.16. The lowest BCUT2D eigenvalue weighted by Crippen LogP contribution is -2.19. The van der Waals surface area contributed by atoms with Crippen LogP contribution in [0.15, 0.2) is 24.5 Å². The average Bonchev–Trinajstić information content (AvgIpc) is 2.98. The minimum atomic E-state index is 0.466. The highest BCUT2D eigenvalue weighted by Crippen LogP contribution is 2.22. The summed E-state index contributed by atoms with van der Waals surface area (Å²) in [5.74, 6) is 1.11. The number of hydrogen-bond acceptors (Lipinski definition) is 3. The van der Waals surface area contributed by atoms with E-state index in [1.54, 1.807) is 0 Å². The SMILES string of the molecule is Cc1ccc(C(C)NCCCCn2ccnc2C)s1. The van der Waals surface area contributed by atoms with Gasteiger partial charge in [-0.3, -0.25) is 0 Å². The normalized spacial score (nSPS) is 12.8. The van der Waals surface area contributed by atoms with Gasteiger partial charge in [0.05, 0.1) is 0 Å². The molecule has 0 saturated carbocycles. The van der Waals surface area contributed by atoms with Gasteiger partial charge in [-0.1, -0.05) is 0 Å². The van der Waals surface area contributed by atoms with Gasteiger partial charge in [-0.15, -0.1) is 11.3 Å². The Morgan fingerprint density at radius 2 is 2.16 bits per heavy atom. The van der Waals surface area contributed by atoms with Gasteiger partial charge in [0, 0.05) is 34.7 Å². The molecule has 0 saturated heterocycles. The number of imidazole rings is 1. The summed E-state index contributed by atoms with van der Waals surface area (Å²) in [6, 6.07) is 4.89.